The average Bonchev–Trinajstić information content (AvgIpc) is 3.17. The number of benzene rings is 3. The Morgan fingerprint density at radius 3 is 2.20 bits per heavy atom. The molecular weight excluding hydrogens is 557 g/mol. The minimum absolute atomic E-state index is 0.0106. The van der Waals surface area contributed by atoms with Crippen LogP contribution in [-0.2, 0) is 16.1 Å². The highest BCUT2D eigenvalue weighted by molar-refractivity contribution is 6.47. The van der Waals surface area contributed by atoms with Crippen LogP contribution in [0.25, 0.3) is 5.76 Å². The van der Waals surface area contributed by atoms with Gasteiger partial charge in [-0.3, -0.25) is 9.59 Å². The molecule has 0 bridgehead atoms. The maximum atomic E-state index is 13.5. The van der Waals surface area contributed by atoms with E-state index in [-0.39, 0.29) is 45.3 Å². The second-order valence-electron chi connectivity index (χ2n) is 9.30. The standard InChI is InChI=1S/C30H29Cl2NO7/c1-16(2)40-19-11-9-18(10-12-19)25-23(26(34)21-14-22(31)29(39-5)24(32)28(21)38-4)27(35)30(36)33(25)15-17-7-6-8-20(13-17)37-3/h6-14,16,25,34H,15H2,1-5H3/b26-23+. The zero-order chi connectivity index (χ0) is 29.1. The highest BCUT2D eigenvalue weighted by Crippen LogP contribution is 2.47. The highest BCUT2D eigenvalue weighted by atomic mass is 35.5. The number of aliphatic hydroxyl groups is 1. The number of hydrogen-bond donors (Lipinski definition) is 1. The number of carbonyl (C=O) groups is 2. The first-order valence-corrected chi connectivity index (χ1v) is 13.1. The Morgan fingerprint density at radius 1 is 0.925 bits per heavy atom. The Bertz CT molecular complexity index is 1470. The van der Waals surface area contributed by atoms with Crippen LogP contribution in [0.1, 0.15) is 36.6 Å². The zero-order valence-electron chi connectivity index (χ0n) is 22.7. The topological polar surface area (TPSA) is 94.5 Å². The smallest absolute Gasteiger partial charge is 0.295 e. The summed E-state index contributed by atoms with van der Waals surface area (Å²) in [6.45, 7) is 3.90. The molecule has 3 aromatic rings. The minimum atomic E-state index is -0.941. The molecule has 3 aromatic carbocycles. The lowest BCUT2D eigenvalue weighted by molar-refractivity contribution is -0.140. The van der Waals surface area contributed by atoms with Gasteiger partial charge < -0.3 is 29.0 Å². The van der Waals surface area contributed by atoms with Gasteiger partial charge >= 0.3 is 0 Å². The summed E-state index contributed by atoms with van der Waals surface area (Å²) < 4.78 is 21.8. The molecule has 1 N–H and O–H groups in total. The van der Waals surface area contributed by atoms with Crippen molar-refractivity contribution in [2.24, 2.45) is 0 Å². The van der Waals surface area contributed by atoms with Gasteiger partial charge in [-0.05, 0) is 55.3 Å². The van der Waals surface area contributed by atoms with Crippen molar-refractivity contribution >= 4 is 40.7 Å². The summed E-state index contributed by atoms with van der Waals surface area (Å²) in [5, 5.41) is 11.7. The Kier molecular flexibility index (Phi) is 8.81. The van der Waals surface area contributed by atoms with Crippen LogP contribution in [0.15, 0.2) is 60.2 Å². The number of carbonyl (C=O) groups excluding carboxylic acids is 2. The summed E-state index contributed by atoms with van der Waals surface area (Å²) in [5.74, 6) is -0.708. The molecule has 1 unspecified atom stereocenters. The third-order valence-electron chi connectivity index (χ3n) is 6.39. The summed E-state index contributed by atoms with van der Waals surface area (Å²) in [6.07, 6.45) is -0.0402. The number of amides is 1. The van der Waals surface area contributed by atoms with Crippen LogP contribution in [0.4, 0.5) is 0 Å². The van der Waals surface area contributed by atoms with Crippen molar-refractivity contribution in [1.29, 1.82) is 0 Å². The molecule has 0 spiro atoms. The molecule has 1 aliphatic heterocycles. The van der Waals surface area contributed by atoms with Crippen LogP contribution in [0, 0.1) is 0 Å². The van der Waals surface area contributed by atoms with E-state index in [4.69, 9.17) is 42.1 Å². The lowest BCUT2D eigenvalue weighted by Crippen LogP contribution is -2.29. The van der Waals surface area contributed by atoms with E-state index in [1.807, 2.05) is 19.9 Å². The van der Waals surface area contributed by atoms with Gasteiger partial charge in [-0.25, -0.2) is 0 Å². The van der Waals surface area contributed by atoms with Gasteiger partial charge in [0, 0.05) is 6.54 Å². The SMILES string of the molecule is COc1cccc(CN2C(=O)C(=O)/C(=C(/O)c3cc(Cl)c(OC)c(Cl)c3OC)C2c2ccc(OC(C)C)cc2)c1. The summed E-state index contributed by atoms with van der Waals surface area (Å²) in [7, 11) is 4.30. The maximum absolute atomic E-state index is 13.5. The number of rotatable bonds is 9. The Labute approximate surface area is 242 Å². The number of ether oxygens (including phenoxy) is 4. The quantitative estimate of drug-likeness (QED) is 0.176. The number of halogens is 2. The van der Waals surface area contributed by atoms with Gasteiger partial charge in [0.25, 0.3) is 11.7 Å². The third kappa shape index (κ3) is 5.55. The molecule has 210 valence electrons. The molecule has 40 heavy (non-hydrogen) atoms. The van der Waals surface area contributed by atoms with E-state index >= 15 is 0 Å². The van der Waals surface area contributed by atoms with Crippen LogP contribution in [0.3, 0.4) is 0 Å². The van der Waals surface area contributed by atoms with E-state index in [9.17, 15) is 14.7 Å². The molecule has 10 heteroatoms. The molecule has 0 saturated carbocycles. The molecule has 4 rings (SSSR count). The van der Waals surface area contributed by atoms with Gasteiger partial charge in [0.15, 0.2) is 11.5 Å². The Balaban J connectivity index is 1.91. The van der Waals surface area contributed by atoms with Gasteiger partial charge in [-0.2, -0.15) is 0 Å². The lowest BCUT2D eigenvalue weighted by atomic mass is 9.94. The molecule has 1 amide bonds. The van der Waals surface area contributed by atoms with Gasteiger partial charge in [-0.1, -0.05) is 47.5 Å². The molecule has 1 atom stereocenters. The first kappa shape index (κ1) is 29.1. The summed E-state index contributed by atoms with van der Waals surface area (Å²) >= 11 is 12.8. The molecule has 1 aliphatic rings. The van der Waals surface area contributed by atoms with E-state index < -0.39 is 23.5 Å². The maximum Gasteiger partial charge on any atom is 0.295 e. The molecular formula is C30H29Cl2NO7. The monoisotopic (exact) mass is 585 g/mol. The van der Waals surface area contributed by atoms with E-state index in [2.05, 4.69) is 0 Å². The number of Topliss-reactive ketones (excluding diaryl/α,β-unsaturated/α-hetero) is 1. The molecule has 0 aliphatic carbocycles. The average molecular weight is 586 g/mol. The number of hydrogen-bond acceptors (Lipinski definition) is 7. The van der Waals surface area contributed by atoms with Gasteiger partial charge in [0.2, 0.25) is 0 Å². The van der Waals surface area contributed by atoms with Crippen molar-refractivity contribution in [2.75, 3.05) is 21.3 Å². The first-order valence-electron chi connectivity index (χ1n) is 12.4. The predicted octanol–water partition coefficient (Wildman–Crippen LogP) is 6.43. The van der Waals surface area contributed by atoms with Crippen molar-refractivity contribution in [3.05, 3.63) is 86.9 Å². The molecule has 1 fully saturated rings. The summed E-state index contributed by atoms with van der Waals surface area (Å²) in [6, 6.07) is 14.6. The third-order valence-corrected chi connectivity index (χ3v) is 7.01. The fourth-order valence-corrected chi connectivity index (χ4v) is 5.34. The van der Waals surface area contributed by atoms with Crippen LogP contribution in [-0.4, -0.2) is 49.1 Å². The van der Waals surface area contributed by atoms with E-state index in [0.29, 0.717) is 17.1 Å². The van der Waals surface area contributed by atoms with Crippen molar-refractivity contribution in [2.45, 2.75) is 32.5 Å². The Hall–Kier alpha value is -3.88. The van der Waals surface area contributed by atoms with Crippen LogP contribution < -0.4 is 18.9 Å². The van der Waals surface area contributed by atoms with Crippen molar-refractivity contribution in [1.82, 2.24) is 4.90 Å². The second kappa shape index (κ2) is 12.1. The molecule has 1 heterocycles. The number of nitrogens with zero attached hydrogens (tertiary/aromatic N) is 1. The van der Waals surface area contributed by atoms with Crippen LogP contribution in [0.5, 0.6) is 23.0 Å². The van der Waals surface area contributed by atoms with Crippen molar-refractivity contribution in [3.8, 4) is 23.0 Å². The number of methoxy groups -OCH3 is 3. The molecule has 0 aromatic heterocycles. The van der Waals surface area contributed by atoms with E-state index in [1.54, 1.807) is 49.6 Å². The van der Waals surface area contributed by atoms with Crippen LogP contribution in [0.2, 0.25) is 10.0 Å². The number of ketones is 1. The molecule has 0 radical (unpaired) electrons. The van der Waals surface area contributed by atoms with Crippen molar-refractivity contribution < 1.29 is 33.6 Å². The van der Waals surface area contributed by atoms with Crippen LogP contribution >= 0.6 is 23.2 Å². The normalized spacial score (nSPS) is 16.4. The number of likely N-dealkylation sites (tertiary alicyclic amines) is 1. The fraction of sp³-hybridized carbons (Fsp3) is 0.267. The van der Waals surface area contributed by atoms with Gasteiger partial charge in [0.1, 0.15) is 22.3 Å². The fourth-order valence-electron chi connectivity index (χ4n) is 4.65. The van der Waals surface area contributed by atoms with E-state index in [1.165, 1.54) is 25.2 Å². The summed E-state index contributed by atoms with van der Waals surface area (Å²) in [4.78, 5) is 28.4. The molecule has 1 saturated heterocycles. The second-order valence-corrected chi connectivity index (χ2v) is 10.1. The van der Waals surface area contributed by atoms with Crippen molar-refractivity contribution in [3.63, 3.8) is 0 Å². The first-order chi connectivity index (χ1) is 19.1. The van der Waals surface area contributed by atoms with E-state index in [0.717, 1.165) is 5.56 Å². The van der Waals surface area contributed by atoms with Gasteiger partial charge in [0.05, 0.1) is 49.6 Å². The lowest BCUT2D eigenvalue weighted by Gasteiger charge is -2.26. The Morgan fingerprint density at radius 2 is 1.60 bits per heavy atom. The highest BCUT2D eigenvalue weighted by Gasteiger charge is 2.46. The predicted molar refractivity (Wildman–Crippen MR) is 153 cm³/mol. The molecule has 8 nitrogen and oxygen atoms in total. The van der Waals surface area contributed by atoms with Gasteiger partial charge in [-0.15, -0.1) is 0 Å². The minimum Gasteiger partial charge on any atom is -0.507 e. The number of aliphatic hydroxyl groups excluding tert-OH is 1. The summed E-state index contributed by atoms with van der Waals surface area (Å²) in [5.41, 5.74) is 1.23. The zero-order valence-corrected chi connectivity index (χ0v) is 24.2. The largest absolute Gasteiger partial charge is 0.507 e.